The Hall–Kier alpha value is -0.610. The zero-order chi connectivity index (χ0) is 10.8. The summed E-state index contributed by atoms with van der Waals surface area (Å²) >= 11 is 0. The van der Waals surface area contributed by atoms with Crippen molar-refractivity contribution in [1.29, 1.82) is 0 Å². The van der Waals surface area contributed by atoms with E-state index in [4.69, 9.17) is 10.6 Å². The Kier molecular flexibility index (Phi) is 3.50. The van der Waals surface area contributed by atoms with Crippen molar-refractivity contribution in [3.05, 3.63) is 0 Å². The van der Waals surface area contributed by atoms with Gasteiger partial charge in [-0.25, -0.2) is 5.06 Å². The van der Waals surface area contributed by atoms with E-state index in [2.05, 4.69) is 6.92 Å². The molecule has 1 saturated carbocycles. The van der Waals surface area contributed by atoms with Gasteiger partial charge in [-0.15, -0.1) is 0 Å². The van der Waals surface area contributed by atoms with E-state index < -0.39 is 5.54 Å². The second-order valence-corrected chi connectivity index (χ2v) is 4.32. The Morgan fingerprint density at radius 1 is 1.50 bits per heavy atom. The molecule has 4 heteroatoms. The van der Waals surface area contributed by atoms with Gasteiger partial charge < -0.3 is 5.73 Å². The third kappa shape index (κ3) is 2.25. The van der Waals surface area contributed by atoms with Gasteiger partial charge >= 0.3 is 0 Å². The fraction of sp³-hybridized carbons (Fsp3) is 0.900. The predicted molar refractivity (Wildman–Crippen MR) is 54.3 cm³/mol. The molecule has 0 radical (unpaired) electrons. The Labute approximate surface area is 85.3 Å². The molecule has 1 amide bonds. The molecule has 4 nitrogen and oxygen atoms in total. The zero-order valence-corrected chi connectivity index (χ0v) is 9.25. The molecule has 0 unspecified atom stereocenters. The van der Waals surface area contributed by atoms with Crippen LogP contribution in [0.25, 0.3) is 0 Å². The lowest BCUT2D eigenvalue weighted by molar-refractivity contribution is -0.176. The Morgan fingerprint density at radius 2 is 2.00 bits per heavy atom. The molecule has 0 aliphatic heterocycles. The summed E-state index contributed by atoms with van der Waals surface area (Å²) in [6, 6.07) is 0. The summed E-state index contributed by atoms with van der Waals surface area (Å²) in [6.45, 7) is 2.20. The summed E-state index contributed by atoms with van der Waals surface area (Å²) in [4.78, 5) is 16.7. The number of hydroxylamine groups is 2. The largest absolute Gasteiger partial charge is 0.317 e. The SMILES string of the molecule is CON(C)C(=O)C1(N)CCC(C)CC1. The number of hydrogen-bond acceptors (Lipinski definition) is 3. The highest BCUT2D eigenvalue weighted by Crippen LogP contribution is 2.31. The zero-order valence-electron chi connectivity index (χ0n) is 9.25. The van der Waals surface area contributed by atoms with Gasteiger partial charge in [0.1, 0.15) is 0 Å². The summed E-state index contributed by atoms with van der Waals surface area (Å²) in [5.74, 6) is 0.583. The second-order valence-electron chi connectivity index (χ2n) is 4.32. The average Bonchev–Trinajstić information content (AvgIpc) is 2.20. The number of nitrogens with zero attached hydrogens (tertiary/aromatic N) is 1. The van der Waals surface area contributed by atoms with Crippen LogP contribution in [0.2, 0.25) is 0 Å². The molecule has 0 aromatic carbocycles. The van der Waals surface area contributed by atoms with Crippen LogP contribution in [0.4, 0.5) is 0 Å². The van der Waals surface area contributed by atoms with Gasteiger partial charge in [0.05, 0.1) is 12.6 Å². The number of hydrogen-bond donors (Lipinski definition) is 1. The van der Waals surface area contributed by atoms with E-state index in [-0.39, 0.29) is 5.91 Å². The molecule has 14 heavy (non-hydrogen) atoms. The number of nitrogens with two attached hydrogens (primary N) is 1. The minimum absolute atomic E-state index is 0.105. The molecule has 1 aliphatic rings. The van der Waals surface area contributed by atoms with Crippen molar-refractivity contribution in [2.75, 3.05) is 14.2 Å². The summed E-state index contributed by atoms with van der Waals surface area (Å²) in [7, 11) is 3.09. The molecular weight excluding hydrogens is 180 g/mol. The first kappa shape index (κ1) is 11.5. The summed E-state index contributed by atoms with van der Waals surface area (Å²) < 4.78 is 0. The van der Waals surface area contributed by atoms with Crippen molar-refractivity contribution in [2.24, 2.45) is 11.7 Å². The predicted octanol–water partition coefficient (Wildman–Crippen LogP) is 0.914. The molecular formula is C10H20N2O2. The molecule has 82 valence electrons. The molecule has 1 fully saturated rings. The summed E-state index contributed by atoms with van der Waals surface area (Å²) in [5, 5.41) is 1.23. The monoisotopic (exact) mass is 200 g/mol. The van der Waals surface area contributed by atoms with Crippen LogP contribution in [-0.4, -0.2) is 30.7 Å². The van der Waals surface area contributed by atoms with Gasteiger partial charge in [-0.1, -0.05) is 6.92 Å². The van der Waals surface area contributed by atoms with Crippen molar-refractivity contribution in [3.8, 4) is 0 Å². The van der Waals surface area contributed by atoms with E-state index in [9.17, 15) is 4.79 Å². The van der Waals surface area contributed by atoms with Gasteiger partial charge in [-0.2, -0.15) is 0 Å². The molecule has 1 rings (SSSR count). The Bertz CT molecular complexity index is 210. The highest BCUT2D eigenvalue weighted by Gasteiger charge is 2.39. The molecule has 0 saturated heterocycles. The molecule has 0 atom stereocenters. The van der Waals surface area contributed by atoms with Gasteiger partial charge in [0, 0.05) is 7.05 Å². The fourth-order valence-corrected chi connectivity index (χ4v) is 1.89. The molecule has 0 spiro atoms. The van der Waals surface area contributed by atoms with Gasteiger partial charge in [0.2, 0.25) is 0 Å². The van der Waals surface area contributed by atoms with E-state index in [1.165, 1.54) is 12.2 Å². The molecule has 0 aromatic rings. The summed E-state index contributed by atoms with van der Waals surface area (Å²) in [5.41, 5.74) is 5.37. The number of carbonyl (C=O) groups excluding carboxylic acids is 1. The van der Waals surface area contributed by atoms with Gasteiger partial charge in [0.15, 0.2) is 0 Å². The van der Waals surface area contributed by atoms with Crippen LogP contribution in [0.5, 0.6) is 0 Å². The lowest BCUT2D eigenvalue weighted by Crippen LogP contribution is -2.55. The van der Waals surface area contributed by atoms with Crippen LogP contribution >= 0.6 is 0 Å². The van der Waals surface area contributed by atoms with Crippen molar-refractivity contribution >= 4 is 5.91 Å². The topological polar surface area (TPSA) is 55.6 Å². The Balaban J connectivity index is 2.61. The molecule has 0 aromatic heterocycles. The van der Waals surface area contributed by atoms with Crippen LogP contribution in [0, 0.1) is 5.92 Å². The van der Waals surface area contributed by atoms with Crippen LogP contribution < -0.4 is 5.73 Å². The number of likely N-dealkylation sites (N-methyl/N-ethyl adjacent to an activating group) is 1. The van der Waals surface area contributed by atoms with E-state index in [1.807, 2.05) is 0 Å². The van der Waals surface area contributed by atoms with E-state index in [1.54, 1.807) is 7.05 Å². The van der Waals surface area contributed by atoms with E-state index in [0.717, 1.165) is 25.7 Å². The second kappa shape index (κ2) is 4.28. The number of rotatable bonds is 2. The maximum Gasteiger partial charge on any atom is 0.265 e. The Morgan fingerprint density at radius 3 is 2.43 bits per heavy atom. The summed E-state index contributed by atoms with van der Waals surface area (Å²) in [6.07, 6.45) is 3.58. The number of carbonyl (C=O) groups is 1. The van der Waals surface area contributed by atoms with Crippen LogP contribution in [-0.2, 0) is 9.63 Å². The maximum atomic E-state index is 11.8. The van der Waals surface area contributed by atoms with Crippen LogP contribution in [0.15, 0.2) is 0 Å². The van der Waals surface area contributed by atoms with Crippen molar-refractivity contribution in [3.63, 3.8) is 0 Å². The van der Waals surface area contributed by atoms with Crippen LogP contribution in [0.1, 0.15) is 32.6 Å². The standard InChI is InChI=1S/C10H20N2O2/c1-8-4-6-10(11,7-5-8)9(13)12(2)14-3/h8H,4-7,11H2,1-3H3. The lowest BCUT2D eigenvalue weighted by Gasteiger charge is -2.36. The minimum atomic E-state index is -0.697. The van der Waals surface area contributed by atoms with E-state index in [0.29, 0.717) is 5.92 Å². The average molecular weight is 200 g/mol. The lowest BCUT2D eigenvalue weighted by atomic mass is 9.77. The molecule has 1 aliphatic carbocycles. The quantitative estimate of drug-likeness (QED) is 0.674. The molecule has 0 heterocycles. The van der Waals surface area contributed by atoms with Crippen molar-refractivity contribution < 1.29 is 9.63 Å². The highest BCUT2D eigenvalue weighted by atomic mass is 16.7. The van der Waals surface area contributed by atoms with Gasteiger partial charge in [-0.3, -0.25) is 9.63 Å². The maximum absolute atomic E-state index is 11.8. The normalized spacial score (nSPS) is 32.7. The molecule has 2 N–H and O–H groups in total. The highest BCUT2D eigenvalue weighted by molar-refractivity contribution is 5.85. The van der Waals surface area contributed by atoms with Gasteiger partial charge in [-0.05, 0) is 31.6 Å². The third-order valence-electron chi connectivity index (χ3n) is 3.15. The van der Waals surface area contributed by atoms with Gasteiger partial charge in [0.25, 0.3) is 5.91 Å². The van der Waals surface area contributed by atoms with Crippen molar-refractivity contribution in [1.82, 2.24) is 5.06 Å². The van der Waals surface area contributed by atoms with Crippen molar-refractivity contribution in [2.45, 2.75) is 38.1 Å². The first-order chi connectivity index (χ1) is 6.49. The first-order valence-corrected chi connectivity index (χ1v) is 5.11. The minimum Gasteiger partial charge on any atom is -0.317 e. The fourth-order valence-electron chi connectivity index (χ4n) is 1.89. The first-order valence-electron chi connectivity index (χ1n) is 5.11. The third-order valence-corrected chi connectivity index (χ3v) is 3.15. The van der Waals surface area contributed by atoms with Crippen LogP contribution in [0.3, 0.4) is 0 Å². The molecule has 0 bridgehead atoms. The smallest absolute Gasteiger partial charge is 0.265 e. The number of amides is 1. The van der Waals surface area contributed by atoms with E-state index >= 15 is 0 Å².